The van der Waals surface area contributed by atoms with Crippen molar-refractivity contribution >= 4 is 23.4 Å². The Morgan fingerprint density at radius 3 is 1.58 bits per heavy atom. The van der Waals surface area contributed by atoms with Gasteiger partial charge in [0, 0.05) is 43.8 Å². The number of ketones is 2. The minimum absolute atomic E-state index is 0.0342. The summed E-state index contributed by atoms with van der Waals surface area (Å²) in [4.78, 5) is 47.3. The van der Waals surface area contributed by atoms with Gasteiger partial charge in [-0.2, -0.15) is 0 Å². The second kappa shape index (κ2) is 16.1. The molecule has 9 nitrogen and oxygen atoms in total. The van der Waals surface area contributed by atoms with Crippen molar-refractivity contribution in [3.05, 3.63) is 0 Å². The number of carbonyl (C=O) groups is 4. The Labute approximate surface area is 216 Å². The number of aliphatic hydroxyl groups is 2. The zero-order chi connectivity index (χ0) is 27.4. The van der Waals surface area contributed by atoms with Gasteiger partial charge in [-0.15, -0.1) is 0 Å². The first-order valence-electron chi connectivity index (χ1n) is 13.6. The van der Waals surface area contributed by atoms with Gasteiger partial charge in [0.1, 0.15) is 12.2 Å². The maximum absolute atomic E-state index is 12.0. The molecule has 2 rings (SSSR count). The van der Waals surface area contributed by atoms with Gasteiger partial charge in [0.05, 0.1) is 0 Å². The summed E-state index contributed by atoms with van der Waals surface area (Å²) in [5.41, 5.74) is 5.76. The molecule has 0 radical (unpaired) electrons. The van der Waals surface area contributed by atoms with E-state index >= 15 is 0 Å². The molecule has 0 unspecified atom stereocenters. The molecular weight excluding hydrogens is 462 g/mol. The molecule has 2 saturated heterocycles. The lowest BCUT2D eigenvalue weighted by Crippen LogP contribution is -2.45. The summed E-state index contributed by atoms with van der Waals surface area (Å²) < 4.78 is 0. The molecule has 6 N–H and O–H groups in total. The van der Waals surface area contributed by atoms with Gasteiger partial charge in [-0.25, -0.2) is 0 Å². The zero-order valence-electron chi connectivity index (χ0n) is 22.8. The van der Waals surface area contributed by atoms with Crippen LogP contribution in [-0.4, -0.2) is 64.9 Å². The van der Waals surface area contributed by atoms with E-state index in [1.54, 1.807) is 0 Å². The average molecular weight is 512 g/mol. The van der Waals surface area contributed by atoms with Crippen molar-refractivity contribution in [2.75, 3.05) is 13.1 Å². The normalized spacial score (nSPS) is 24.3. The predicted molar refractivity (Wildman–Crippen MR) is 139 cm³/mol. The minimum Gasteiger partial charge on any atom is -0.385 e. The molecule has 2 amide bonds. The average Bonchev–Trinajstić information content (AvgIpc) is 3.16. The summed E-state index contributed by atoms with van der Waals surface area (Å²) in [5, 5.41) is 25.4. The van der Waals surface area contributed by atoms with Crippen LogP contribution in [0.5, 0.6) is 0 Å². The molecule has 0 aromatic rings. The summed E-state index contributed by atoms with van der Waals surface area (Å²) in [6, 6.07) is -0.564. The number of rotatable bonds is 10. The number of nitrogens with one attached hydrogen (secondary N) is 2. The molecule has 0 bridgehead atoms. The molecule has 0 saturated carbocycles. The Kier molecular flexibility index (Phi) is 14.4. The smallest absolute Gasteiger partial charge is 0.223 e. The van der Waals surface area contributed by atoms with Crippen LogP contribution in [0.3, 0.4) is 0 Å². The van der Waals surface area contributed by atoms with Gasteiger partial charge in [0.15, 0.2) is 11.6 Å². The minimum atomic E-state index is -1.17. The molecular formula is C27H49N3O6. The number of amides is 2. The van der Waals surface area contributed by atoms with Crippen LogP contribution in [0, 0.1) is 29.6 Å². The second-order valence-corrected chi connectivity index (χ2v) is 11.1. The highest BCUT2D eigenvalue weighted by molar-refractivity contribution is 5.90. The third-order valence-electron chi connectivity index (χ3n) is 7.54. The van der Waals surface area contributed by atoms with Crippen molar-refractivity contribution in [1.82, 2.24) is 10.6 Å². The third kappa shape index (κ3) is 10.6. The number of Topliss-reactive ketones (excluding diaryl/α,β-unsaturated/α-hetero) is 2. The molecule has 2 aliphatic heterocycles. The molecule has 0 aliphatic carbocycles. The van der Waals surface area contributed by atoms with E-state index in [9.17, 15) is 29.4 Å². The molecule has 2 aliphatic rings. The van der Waals surface area contributed by atoms with Crippen molar-refractivity contribution in [3.8, 4) is 0 Å². The standard InChI is InChI=1S/C14H25NO3.C13H24N2O3/c1-9(2)10(3)13(17)12(16)8-11-6-4-5-7-15-14(11)18;1-8(2)11(14)12(17)10(16)7-9-5-3-4-6-15-13(9)18/h9-11,13,17H,4-8H2,1-3H3,(H,15,18);8-9,11-12,17H,3-7,14H2,1-2H3,(H,15,18)/t10-,11+,13+;9-,11+,12+/m01/s1. The van der Waals surface area contributed by atoms with Gasteiger partial charge in [0.25, 0.3) is 0 Å². The molecule has 0 spiro atoms. The second-order valence-electron chi connectivity index (χ2n) is 11.1. The molecule has 6 atom stereocenters. The summed E-state index contributed by atoms with van der Waals surface area (Å²) in [7, 11) is 0. The summed E-state index contributed by atoms with van der Waals surface area (Å²) in [6.45, 7) is 10.9. The van der Waals surface area contributed by atoms with Crippen LogP contribution >= 0.6 is 0 Å². The van der Waals surface area contributed by atoms with Crippen molar-refractivity contribution in [3.63, 3.8) is 0 Å². The molecule has 2 heterocycles. The fourth-order valence-electron chi connectivity index (χ4n) is 4.36. The molecule has 208 valence electrons. The maximum Gasteiger partial charge on any atom is 0.223 e. The highest BCUT2D eigenvalue weighted by atomic mass is 16.3. The summed E-state index contributed by atoms with van der Waals surface area (Å²) >= 11 is 0. The van der Waals surface area contributed by atoms with Crippen molar-refractivity contribution in [1.29, 1.82) is 0 Å². The Bertz CT molecular complexity index is 666. The Hall–Kier alpha value is -1.84. The lowest BCUT2D eigenvalue weighted by molar-refractivity contribution is -0.135. The van der Waals surface area contributed by atoms with E-state index in [0.717, 1.165) is 32.1 Å². The van der Waals surface area contributed by atoms with Crippen molar-refractivity contribution in [2.45, 2.75) is 104 Å². The van der Waals surface area contributed by atoms with E-state index in [1.807, 2.05) is 34.6 Å². The van der Waals surface area contributed by atoms with Crippen LogP contribution in [-0.2, 0) is 19.2 Å². The van der Waals surface area contributed by atoms with E-state index in [1.165, 1.54) is 0 Å². The van der Waals surface area contributed by atoms with Crippen LogP contribution < -0.4 is 16.4 Å². The van der Waals surface area contributed by atoms with Gasteiger partial charge < -0.3 is 26.6 Å². The Morgan fingerprint density at radius 1 is 0.778 bits per heavy atom. The highest BCUT2D eigenvalue weighted by Gasteiger charge is 2.31. The fraction of sp³-hybridized carbons (Fsp3) is 0.852. The van der Waals surface area contributed by atoms with Crippen LogP contribution in [0.15, 0.2) is 0 Å². The maximum atomic E-state index is 12.0. The number of hydrogen-bond donors (Lipinski definition) is 5. The van der Waals surface area contributed by atoms with Crippen LogP contribution in [0.2, 0.25) is 0 Å². The van der Waals surface area contributed by atoms with E-state index in [0.29, 0.717) is 19.5 Å². The SMILES string of the molecule is CC(C)[C@H](C)[C@@H](O)C(=O)C[C@H]1CCCCNC1=O.CC(C)[C@H](N)[C@@H](O)C(=O)C[C@H]1CCCCNC1=O. The first-order chi connectivity index (χ1) is 16.9. The van der Waals surface area contributed by atoms with Gasteiger partial charge >= 0.3 is 0 Å². The van der Waals surface area contributed by atoms with Gasteiger partial charge in [0.2, 0.25) is 11.8 Å². The monoisotopic (exact) mass is 511 g/mol. The number of aliphatic hydroxyl groups excluding tert-OH is 2. The van der Waals surface area contributed by atoms with Gasteiger partial charge in [-0.1, -0.05) is 47.5 Å². The molecule has 0 aromatic carbocycles. The molecule has 2 fully saturated rings. The predicted octanol–water partition coefficient (Wildman–Crippen LogP) is 1.72. The van der Waals surface area contributed by atoms with Gasteiger partial charge in [-0.3, -0.25) is 19.2 Å². The molecule has 9 heteroatoms. The van der Waals surface area contributed by atoms with E-state index in [2.05, 4.69) is 10.6 Å². The lowest BCUT2D eigenvalue weighted by atomic mass is 9.86. The van der Waals surface area contributed by atoms with E-state index in [-0.39, 0.29) is 65.8 Å². The van der Waals surface area contributed by atoms with Crippen molar-refractivity contribution < 1.29 is 29.4 Å². The quantitative estimate of drug-likeness (QED) is 0.299. The van der Waals surface area contributed by atoms with Gasteiger partial charge in [-0.05, 0) is 43.4 Å². The Morgan fingerprint density at radius 2 is 1.19 bits per heavy atom. The number of hydrogen-bond acceptors (Lipinski definition) is 7. The number of carbonyl (C=O) groups excluding carboxylic acids is 4. The first kappa shape index (κ1) is 32.2. The Balaban J connectivity index is 0.000000360. The van der Waals surface area contributed by atoms with Crippen LogP contribution in [0.4, 0.5) is 0 Å². The third-order valence-corrected chi connectivity index (χ3v) is 7.54. The first-order valence-corrected chi connectivity index (χ1v) is 13.6. The topological polar surface area (TPSA) is 159 Å². The largest absolute Gasteiger partial charge is 0.385 e. The lowest BCUT2D eigenvalue weighted by Gasteiger charge is -2.22. The summed E-state index contributed by atoms with van der Waals surface area (Å²) in [6.07, 6.45) is 3.43. The fourth-order valence-corrected chi connectivity index (χ4v) is 4.36. The van der Waals surface area contributed by atoms with Crippen molar-refractivity contribution in [2.24, 2.45) is 35.3 Å². The van der Waals surface area contributed by atoms with Crippen LogP contribution in [0.25, 0.3) is 0 Å². The van der Waals surface area contributed by atoms with E-state index < -0.39 is 18.2 Å². The number of nitrogens with two attached hydrogens (primary N) is 1. The van der Waals surface area contributed by atoms with Crippen LogP contribution in [0.1, 0.15) is 86.0 Å². The van der Waals surface area contributed by atoms with E-state index in [4.69, 9.17) is 5.73 Å². The summed E-state index contributed by atoms with van der Waals surface area (Å²) in [5.74, 6) is -0.971. The zero-order valence-corrected chi connectivity index (χ0v) is 22.8. The molecule has 0 aromatic heterocycles. The molecule has 36 heavy (non-hydrogen) atoms. The highest BCUT2D eigenvalue weighted by Crippen LogP contribution is 2.22.